The maximum atomic E-state index is 11.9. The Morgan fingerprint density at radius 2 is 1.97 bits per heavy atom. The first-order chi connectivity index (χ1) is 17.7. The number of ether oxygens (including phenoxy) is 2. The van der Waals surface area contributed by atoms with E-state index < -0.39 is 18.1 Å². The Hall–Kier alpha value is -4.17. The van der Waals surface area contributed by atoms with Gasteiger partial charge in [0.25, 0.3) is 0 Å². The lowest BCUT2D eigenvalue weighted by Crippen LogP contribution is -2.41. The standard InChI is InChI=1S/C22H35N9O6/c1-14(11-37-15(2)32)29-18-17-19(27-12-26-18)31(13-28-17)9-4-3-5-10-36-22(35)30-16(20(33)34)7-6-8-25-21(23)24/h12-14,16H,3-11H2,1-2H3,(H7,23,24,25,26,27,29,30,33,34,35)/p+1/t14?,16-/m1/s1. The van der Waals surface area contributed by atoms with E-state index in [2.05, 4.69) is 30.6 Å². The Kier molecular flexibility index (Phi) is 11.8. The van der Waals surface area contributed by atoms with Crippen molar-refractivity contribution in [3.05, 3.63) is 12.7 Å². The van der Waals surface area contributed by atoms with Crippen molar-refractivity contribution in [3.63, 3.8) is 0 Å². The number of carbonyl (C=O) groups excluding carboxylic acids is 2. The zero-order valence-corrected chi connectivity index (χ0v) is 21.1. The number of aryl methyl sites for hydroxylation is 1. The number of hydrogen-bond donors (Lipinski definition) is 6. The number of anilines is 1. The van der Waals surface area contributed by atoms with Gasteiger partial charge in [-0.3, -0.25) is 14.8 Å². The van der Waals surface area contributed by atoms with Crippen molar-refractivity contribution in [2.24, 2.45) is 16.5 Å². The fourth-order valence-corrected chi connectivity index (χ4v) is 3.40. The quantitative estimate of drug-likeness (QED) is 0.0566. The fraction of sp³-hybridized carbons (Fsp3) is 0.591. The Balaban J connectivity index is 1.72. The third kappa shape index (κ3) is 10.5. The Morgan fingerprint density at radius 1 is 1.19 bits per heavy atom. The van der Waals surface area contributed by atoms with Gasteiger partial charge >= 0.3 is 23.7 Å². The number of carboxylic acids is 1. The second kappa shape index (κ2) is 15.1. The van der Waals surface area contributed by atoms with E-state index in [0.29, 0.717) is 25.2 Å². The van der Waals surface area contributed by atoms with Crippen LogP contribution < -0.4 is 26.7 Å². The van der Waals surface area contributed by atoms with Gasteiger partial charge in [0, 0.05) is 13.5 Å². The summed E-state index contributed by atoms with van der Waals surface area (Å²) in [6.45, 7) is 4.59. The highest BCUT2D eigenvalue weighted by Crippen LogP contribution is 2.15. The second-order valence-electron chi connectivity index (χ2n) is 8.42. The van der Waals surface area contributed by atoms with Crippen LogP contribution in [0.15, 0.2) is 17.6 Å². The minimum absolute atomic E-state index is 0.0694. The second-order valence-corrected chi connectivity index (χ2v) is 8.42. The molecule has 0 aromatic carbocycles. The van der Waals surface area contributed by atoms with Crippen molar-refractivity contribution in [1.29, 1.82) is 0 Å². The topological polar surface area (TPSA) is 224 Å². The van der Waals surface area contributed by atoms with Gasteiger partial charge in [0.05, 0.1) is 19.2 Å². The van der Waals surface area contributed by atoms with Crippen LogP contribution in [0, 0.1) is 0 Å². The molecule has 0 saturated heterocycles. The molecule has 2 rings (SSSR count). The number of nitrogens with one attached hydrogen (secondary N) is 3. The van der Waals surface area contributed by atoms with Gasteiger partial charge in [-0.1, -0.05) is 4.98 Å². The van der Waals surface area contributed by atoms with Gasteiger partial charge in [-0.15, -0.1) is 0 Å². The molecule has 0 aliphatic rings. The van der Waals surface area contributed by atoms with E-state index in [1.54, 1.807) is 0 Å². The number of nitrogens with two attached hydrogens (primary N) is 2. The molecule has 0 aliphatic carbocycles. The van der Waals surface area contributed by atoms with Gasteiger partial charge in [0.15, 0.2) is 24.4 Å². The van der Waals surface area contributed by atoms with Crippen LogP contribution in [0.25, 0.3) is 11.2 Å². The minimum Gasteiger partial charge on any atom is -0.480 e. The fourth-order valence-electron chi connectivity index (χ4n) is 3.40. The maximum Gasteiger partial charge on any atom is 0.407 e. The van der Waals surface area contributed by atoms with Crippen LogP contribution in [0.1, 0.15) is 46.0 Å². The summed E-state index contributed by atoms with van der Waals surface area (Å²) in [5.74, 6) is -0.956. The van der Waals surface area contributed by atoms with Gasteiger partial charge in [0.1, 0.15) is 12.6 Å². The molecule has 0 spiro atoms. The smallest absolute Gasteiger partial charge is 0.407 e. The molecule has 1 amide bonds. The highest BCUT2D eigenvalue weighted by molar-refractivity contribution is 5.80. The molecule has 0 saturated carbocycles. The summed E-state index contributed by atoms with van der Waals surface area (Å²) in [5, 5.41) is 14.8. The molecule has 204 valence electrons. The average molecular weight is 523 g/mol. The normalized spacial score (nSPS) is 12.4. The first-order valence-corrected chi connectivity index (χ1v) is 12.0. The summed E-state index contributed by atoms with van der Waals surface area (Å²) >= 11 is 0. The number of aromatic amines is 1. The lowest BCUT2D eigenvalue weighted by atomic mass is 10.1. The molecule has 15 nitrogen and oxygen atoms in total. The summed E-state index contributed by atoms with van der Waals surface area (Å²) in [6.07, 6.45) is 5.28. The number of imidazole rings is 1. The molecule has 2 heterocycles. The highest BCUT2D eigenvalue weighted by atomic mass is 16.5. The molecule has 8 N–H and O–H groups in total. The van der Waals surface area contributed by atoms with Crippen LogP contribution >= 0.6 is 0 Å². The maximum absolute atomic E-state index is 11.9. The number of rotatable bonds is 16. The van der Waals surface area contributed by atoms with E-state index >= 15 is 0 Å². The number of alkyl carbamates (subject to hydrolysis) is 1. The molecule has 2 aromatic rings. The summed E-state index contributed by atoms with van der Waals surface area (Å²) < 4.78 is 12.1. The predicted molar refractivity (Wildman–Crippen MR) is 133 cm³/mol. The zero-order valence-electron chi connectivity index (χ0n) is 21.1. The summed E-state index contributed by atoms with van der Waals surface area (Å²) in [5.41, 5.74) is 11.9. The minimum atomic E-state index is -1.15. The predicted octanol–water partition coefficient (Wildman–Crippen LogP) is 0.0122. The molecule has 0 aliphatic heterocycles. The van der Waals surface area contributed by atoms with Gasteiger partial charge in [-0.05, 0) is 39.0 Å². The largest absolute Gasteiger partial charge is 0.480 e. The monoisotopic (exact) mass is 522 g/mol. The van der Waals surface area contributed by atoms with Gasteiger partial charge in [0.2, 0.25) is 5.52 Å². The molecular formula is C22H36N9O6+. The van der Waals surface area contributed by atoms with Crippen LogP contribution in [-0.4, -0.2) is 75.9 Å². The number of carbonyl (C=O) groups is 3. The summed E-state index contributed by atoms with van der Waals surface area (Å²) in [6, 6.07) is -1.21. The van der Waals surface area contributed by atoms with E-state index in [1.807, 2.05) is 17.8 Å². The number of aliphatic carboxylic acids is 1. The molecule has 37 heavy (non-hydrogen) atoms. The van der Waals surface area contributed by atoms with E-state index in [-0.39, 0.29) is 44.2 Å². The molecule has 0 bridgehead atoms. The molecule has 0 radical (unpaired) electrons. The first kappa shape index (κ1) is 29.1. The van der Waals surface area contributed by atoms with Crippen molar-refractivity contribution in [3.8, 4) is 0 Å². The number of hydrogen-bond acceptors (Lipinski definition) is 9. The molecule has 15 heteroatoms. The van der Waals surface area contributed by atoms with Crippen LogP contribution in [-0.2, 0) is 25.6 Å². The number of fused-ring (bicyclic) bond motifs is 1. The first-order valence-electron chi connectivity index (χ1n) is 12.0. The van der Waals surface area contributed by atoms with Crippen LogP contribution in [0.4, 0.5) is 10.6 Å². The summed E-state index contributed by atoms with van der Waals surface area (Å²) in [7, 11) is 0. The Bertz CT molecular complexity index is 1070. The van der Waals surface area contributed by atoms with Gasteiger partial charge in [-0.2, -0.15) is 4.98 Å². The summed E-state index contributed by atoms with van der Waals surface area (Å²) in [4.78, 5) is 49.8. The molecule has 2 aromatic heterocycles. The van der Waals surface area contributed by atoms with Crippen LogP contribution in [0.3, 0.4) is 0 Å². The Morgan fingerprint density at radius 3 is 2.68 bits per heavy atom. The number of amides is 1. The van der Waals surface area contributed by atoms with E-state index in [4.69, 9.17) is 20.9 Å². The van der Waals surface area contributed by atoms with Gasteiger partial charge < -0.3 is 36.7 Å². The molecule has 1 unspecified atom stereocenters. The lowest BCUT2D eigenvalue weighted by molar-refractivity contribution is -0.673. The molecule has 0 fully saturated rings. The third-order valence-corrected chi connectivity index (χ3v) is 5.20. The van der Waals surface area contributed by atoms with E-state index in [9.17, 15) is 19.5 Å². The number of nitrogens with zero attached hydrogens (tertiary/aromatic N) is 4. The van der Waals surface area contributed by atoms with Crippen molar-refractivity contribution >= 4 is 41.0 Å². The third-order valence-electron chi connectivity index (χ3n) is 5.20. The van der Waals surface area contributed by atoms with Crippen molar-refractivity contribution in [2.45, 2.75) is 64.6 Å². The SMILES string of the molecule is CC(=O)OCC(C)Nc1ncnc2c1[nH]c[n+]2CCCCCOC(=O)N[C@H](CCCN=C(N)N)C(=O)O. The van der Waals surface area contributed by atoms with Crippen molar-refractivity contribution in [1.82, 2.24) is 20.3 Å². The number of aromatic nitrogens is 4. The highest BCUT2D eigenvalue weighted by Gasteiger charge is 2.20. The zero-order chi connectivity index (χ0) is 27.2. The number of guanidine groups is 1. The molecule has 2 atom stereocenters. The number of H-pyrrole nitrogens is 1. The van der Waals surface area contributed by atoms with E-state index in [0.717, 1.165) is 24.0 Å². The average Bonchev–Trinajstić information content (AvgIpc) is 3.25. The number of esters is 1. The van der Waals surface area contributed by atoms with Crippen LogP contribution in [0.5, 0.6) is 0 Å². The van der Waals surface area contributed by atoms with Crippen molar-refractivity contribution < 1.29 is 33.5 Å². The number of unbranched alkanes of at least 4 members (excludes halogenated alkanes) is 2. The van der Waals surface area contributed by atoms with E-state index in [1.165, 1.54) is 13.3 Å². The van der Waals surface area contributed by atoms with Crippen LogP contribution in [0.2, 0.25) is 0 Å². The van der Waals surface area contributed by atoms with Gasteiger partial charge in [-0.25, -0.2) is 14.2 Å². The molecular weight excluding hydrogens is 486 g/mol. The van der Waals surface area contributed by atoms with Crippen molar-refractivity contribution in [2.75, 3.05) is 25.1 Å². The number of aliphatic imine (C=N–C) groups is 1. The lowest BCUT2D eigenvalue weighted by Gasteiger charge is -2.14. The Labute approximate surface area is 214 Å². The number of carboxylic acid groups (broad SMARTS) is 1.